The lowest BCUT2D eigenvalue weighted by atomic mass is 10.1. The van der Waals surface area contributed by atoms with Crippen LogP contribution < -0.4 is 10.2 Å². The molecule has 22 heavy (non-hydrogen) atoms. The van der Waals surface area contributed by atoms with Gasteiger partial charge in [0.15, 0.2) is 0 Å². The fourth-order valence-electron chi connectivity index (χ4n) is 2.77. The molecule has 6 heteroatoms. The highest BCUT2D eigenvalue weighted by atomic mass is 16.3. The molecule has 1 aliphatic heterocycles. The Morgan fingerprint density at radius 3 is 2.14 bits per heavy atom. The number of carbonyl (C=O) groups is 2. The number of urea groups is 1. The number of nitrogens with one attached hydrogen (secondary N) is 2. The monoisotopic (exact) mass is 314 g/mol. The number of aliphatic hydroxyl groups excluding tert-OH is 1. The summed E-state index contributed by atoms with van der Waals surface area (Å²) in [5, 5.41) is 12.9. The number of nitrogens with zero attached hydrogens (tertiary/aromatic N) is 1. The van der Waals surface area contributed by atoms with Gasteiger partial charge in [0.2, 0.25) is 0 Å². The lowest BCUT2D eigenvalue weighted by Gasteiger charge is -2.24. The Hall–Kier alpha value is -1.14. The summed E-state index contributed by atoms with van der Waals surface area (Å²) in [5.41, 5.74) is -0.867. The standard InChI is InChI=1S/C16H31N3O3/c1-5-7-9-18(10-8-6-2)11-13(20)12-19-14(21)16(3,4)17-15(19)22/h13,20H,5-12H2,1-4H3,(H,17,22)/p+1/t13-/m1/s1. The third-order valence-electron chi connectivity index (χ3n) is 4.13. The van der Waals surface area contributed by atoms with E-state index in [9.17, 15) is 14.7 Å². The quantitative estimate of drug-likeness (QED) is 0.503. The highest BCUT2D eigenvalue weighted by Crippen LogP contribution is 2.16. The van der Waals surface area contributed by atoms with Crippen LogP contribution >= 0.6 is 0 Å². The van der Waals surface area contributed by atoms with Gasteiger partial charge in [-0.25, -0.2) is 4.79 Å². The van der Waals surface area contributed by atoms with Crippen molar-refractivity contribution in [3.8, 4) is 0 Å². The highest BCUT2D eigenvalue weighted by Gasteiger charge is 2.44. The summed E-state index contributed by atoms with van der Waals surface area (Å²) >= 11 is 0. The molecule has 0 unspecified atom stereocenters. The SMILES string of the molecule is CCCC[NH+](CCCC)C[C@@H](O)CN1C(=O)NC(C)(C)C1=O. The van der Waals surface area contributed by atoms with Crippen LogP contribution in [0.25, 0.3) is 0 Å². The second kappa shape index (κ2) is 8.48. The van der Waals surface area contributed by atoms with Crippen LogP contribution in [0.1, 0.15) is 53.4 Å². The van der Waals surface area contributed by atoms with E-state index in [4.69, 9.17) is 0 Å². The number of quaternary nitrogens is 1. The van der Waals surface area contributed by atoms with Crippen LogP contribution in [-0.4, -0.2) is 59.8 Å². The number of unbranched alkanes of at least 4 members (excludes halogenated alkanes) is 2. The molecule has 1 heterocycles. The number of hydrogen-bond donors (Lipinski definition) is 3. The Kier molecular flexibility index (Phi) is 7.29. The maximum absolute atomic E-state index is 12.1. The normalized spacial score (nSPS) is 18.9. The van der Waals surface area contributed by atoms with Crippen molar-refractivity contribution in [1.29, 1.82) is 0 Å². The van der Waals surface area contributed by atoms with E-state index >= 15 is 0 Å². The van der Waals surface area contributed by atoms with Crippen molar-refractivity contribution in [3.63, 3.8) is 0 Å². The number of amides is 3. The molecule has 0 saturated carbocycles. The molecule has 1 atom stereocenters. The molecule has 0 aromatic heterocycles. The molecule has 1 fully saturated rings. The van der Waals surface area contributed by atoms with Crippen molar-refractivity contribution < 1.29 is 19.6 Å². The van der Waals surface area contributed by atoms with Crippen LogP contribution in [0.5, 0.6) is 0 Å². The van der Waals surface area contributed by atoms with Crippen LogP contribution in [-0.2, 0) is 4.79 Å². The van der Waals surface area contributed by atoms with E-state index in [1.165, 1.54) is 4.90 Å². The first kappa shape index (κ1) is 18.9. The van der Waals surface area contributed by atoms with Crippen LogP contribution in [0.3, 0.4) is 0 Å². The second-order valence-electron chi connectivity index (χ2n) is 6.79. The fourth-order valence-corrected chi connectivity index (χ4v) is 2.77. The molecule has 0 aromatic rings. The van der Waals surface area contributed by atoms with Gasteiger partial charge in [-0.15, -0.1) is 0 Å². The topological polar surface area (TPSA) is 74.1 Å². The molecule has 1 aliphatic rings. The van der Waals surface area contributed by atoms with Crippen molar-refractivity contribution in [1.82, 2.24) is 10.2 Å². The van der Waals surface area contributed by atoms with Crippen molar-refractivity contribution in [3.05, 3.63) is 0 Å². The van der Waals surface area contributed by atoms with Gasteiger partial charge in [0.25, 0.3) is 5.91 Å². The molecule has 0 bridgehead atoms. The minimum atomic E-state index is -0.867. The highest BCUT2D eigenvalue weighted by molar-refractivity contribution is 6.06. The molecular formula is C16H32N3O3+. The predicted molar refractivity (Wildman–Crippen MR) is 85.7 cm³/mol. The Balaban J connectivity index is 2.53. The van der Waals surface area contributed by atoms with Crippen LogP contribution in [0, 0.1) is 0 Å². The Bertz CT molecular complexity index is 377. The molecule has 0 aliphatic carbocycles. The van der Waals surface area contributed by atoms with Crippen molar-refractivity contribution in [2.24, 2.45) is 0 Å². The molecule has 0 spiro atoms. The second-order valence-corrected chi connectivity index (χ2v) is 6.79. The van der Waals surface area contributed by atoms with Gasteiger partial charge in [0.1, 0.15) is 18.2 Å². The van der Waals surface area contributed by atoms with Gasteiger partial charge in [-0.05, 0) is 26.7 Å². The van der Waals surface area contributed by atoms with Crippen LogP contribution in [0.15, 0.2) is 0 Å². The van der Waals surface area contributed by atoms with Gasteiger partial charge in [-0.2, -0.15) is 0 Å². The van der Waals surface area contributed by atoms with Crippen molar-refractivity contribution >= 4 is 11.9 Å². The Morgan fingerprint density at radius 2 is 1.73 bits per heavy atom. The van der Waals surface area contributed by atoms with E-state index in [2.05, 4.69) is 19.2 Å². The van der Waals surface area contributed by atoms with E-state index in [1.807, 2.05) is 0 Å². The number of imide groups is 1. The first-order chi connectivity index (χ1) is 10.3. The molecule has 3 N–H and O–H groups in total. The fraction of sp³-hybridized carbons (Fsp3) is 0.875. The summed E-state index contributed by atoms with van der Waals surface area (Å²) in [7, 11) is 0. The van der Waals surface area contributed by atoms with Gasteiger partial charge in [0.05, 0.1) is 19.6 Å². The minimum Gasteiger partial charge on any atom is -0.385 e. The summed E-state index contributed by atoms with van der Waals surface area (Å²) < 4.78 is 0. The molecular weight excluding hydrogens is 282 g/mol. The molecule has 128 valence electrons. The van der Waals surface area contributed by atoms with E-state index < -0.39 is 17.7 Å². The molecule has 1 saturated heterocycles. The summed E-state index contributed by atoms with van der Waals surface area (Å²) in [4.78, 5) is 26.5. The van der Waals surface area contributed by atoms with E-state index in [0.29, 0.717) is 6.54 Å². The lowest BCUT2D eigenvalue weighted by molar-refractivity contribution is -0.903. The number of rotatable bonds is 10. The van der Waals surface area contributed by atoms with E-state index in [0.717, 1.165) is 43.7 Å². The first-order valence-corrected chi connectivity index (χ1v) is 8.47. The lowest BCUT2D eigenvalue weighted by Crippen LogP contribution is -3.13. The minimum absolute atomic E-state index is 0.0792. The van der Waals surface area contributed by atoms with Gasteiger partial charge < -0.3 is 15.3 Å². The van der Waals surface area contributed by atoms with Gasteiger partial charge in [-0.1, -0.05) is 26.7 Å². The predicted octanol–water partition coefficient (Wildman–Crippen LogP) is 0.163. The Morgan fingerprint density at radius 1 is 1.18 bits per heavy atom. The largest absolute Gasteiger partial charge is 0.385 e. The number of aliphatic hydroxyl groups is 1. The Labute approximate surface area is 133 Å². The van der Waals surface area contributed by atoms with E-state index in [1.54, 1.807) is 13.8 Å². The first-order valence-electron chi connectivity index (χ1n) is 8.47. The number of β-amino-alcohol motifs (C(OH)–C–C–N with tert-alkyl or cyclic N) is 1. The molecule has 3 amide bonds. The van der Waals surface area contributed by atoms with Crippen molar-refractivity contribution in [2.75, 3.05) is 26.2 Å². The smallest absolute Gasteiger partial charge is 0.325 e. The van der Waals surface area contributed by atoms with Gasteiger partial charge in [0, 0.05) is 0 Å². The van der Waals surface area contributed by atoms with E-state index in [-0.39, 0.29) is 12.5 Å². The molecule has 0 aromatic carbocycles. The number of carbonyl (C=O) groups excluding carboxylic acids is 2. The van der Waals surface area contributed by atoms with Crippen LogP contribution in [0.2, 0.25) is 0 Å². The third kappa shape index (κ3) is 5.25. The molecule has 6 nitrogen and oxygen atoms in total. The summed E-state index contributed by atoms with van der Waals surface area (Å²) in [6, 6.07) is -0.405. The maximum atomic E-state index is 12.1. The number of hydrogen-bond acceptors (Lipinski definition) is 3. The summed E-state index contributed by atoms with van der Waals surface area (Å²) in [5.74, 6) is -0.264. The van der Waals surface area contributed by atoms with Crippen molar-refractivity contribution in [2.45, 2.75) is 65.0 Å². The third-order valence-corrected chi connectivity index (χ3v) is 4.13. The summed E-state index contributed by atoms with van der Waals surface area (Å²) in [6.07, 6.45) is 3.84. The average molecular weight is 314 g/mol. The van der Waals surface area contributed by atoms with Crippen LogP contribution in [0.4, 0.5) is 4.79 Å². The zero-order valence-corrected chi connectivity index (χ0v) is 14.4. The zero-order chi connectivity index (χ0) is 16.8. The molecule has 1 rings (SSSR count). The maximum Gasteiger partial charge on any atom is 0.325 e. The van der Waals surface area contributed by atoms with Gasteiger partial charge >= 0.3 is 6.03 Å². The summed E-state index contributed by atoms with van der Waals surface area (Å²) in [6.45, 7) is 10.4. The average Bonchev–Trinajstić information content (AvgIpc) is 2.64. The van der Waals surface area contributed by atoms with Gasteiger partial charge in [-0.3, -0.25) is 9.69 Å². The zero-order valence-electron chi connectivity index (χ0n) is 14.4. The molecule has 0 radical (unpaired) electrons.